The summed E-state index contributed by atoms with van der Waals surface area (Å²) in [6, 6.07) is 17.2. The van der Waals surface area contributed by atoms with Crippen LogP contribution in [0.25, 0.3) is 10.9 Å². The van der Waals surface area contributed by atoms with Gasteiger partial charge in [-0.2, -0.15) is 0 Å². The number of hydrogen-bond donors (Lipinski definition) is 4. The van der Waals surface area contributed by atoms with Crippen molar-refractivity contribution in [2.45, 2.75) is 58.0 Å². The highest BCUT2D eigenvalue weighted by Crippen LogP contribution is 2.27. The summed E-state index contributed by atoms with van der Waals surface area (Å²) >= 11 is 0. The van der Waals surface area contributed by atoms with Crippen molar-refractivity contribution >= 4 is 28.6 Å². The van der Waals surface area contributed by atoms with E-state index in [-0.39, 0.29) is 23.6 Å². The molecule has 34 heavy (non-hydrogen) atoms. The van der Waals surface area contributed by atoms with Crippen molar-refractivity contribution in [1.82, 2.24) is 10.3 Å². The molecule has 0 bridgehead atoms. The summed E-state index contributed by atoms with van der Waals surface area (Å²) < 4.78 is 5.52. The molecule has 1 aromatic heterocycles. The Labute approximate surface area is 200 Å². The van der Waals surface area contributed by atoms with E-state index in [1.807, 2.05) is 57.2 Å². The first kappa shape index (κ1) is 25.0. The van der Waals surface area contributed by atoms with Gasteiger partial charge in [-0.15, -0.1) is 0 Å². The molecule has 1 amide bonds. The molecule has 0 radical (unpaired) electrons. The van der Waals surface area contributed by atoms with Gasteiger partial charge < -0.3 is 20.8 Å². The van der Waals surface area contributed by atoms with E-state index in [1.54, 1.807) is 18.2 Å². The van der Waals surface area contributed by atoms with E-state index in [0.717, 1.165) is 35.7 Å². The van der Waals surface area contributed by atoms with E-state index in [1.165, 1.54) is 0 Å². The van der Waals surface area contributed by atoms with Crippen LogP contribution in [-0.2, 0) is 9.53 Å². The molecule has 1 atom stereocenters. The Bertz CT molecular complexity index is 1150. The summed E-state index contributed by atoms with van der Waals surface area (Å²) in [5.41, 5.74) is 8.09. The van der Waals surface area contributed by atoms with E-state index < -0.39 is 5.60 Å². The number of amidine groups is 1. The van der Waals surface area contributed by atoms with Gasteiger partial charge in [0.25, 0.3) is 5.91 Å². The average Bonchev–Trinajstić information content (AvgIpc) is 3.21. The zero-order chi connectivity index (χ0) is 24.7. The highest BCUT2D eigenvalue weighted by atomic mass is 16.6. The fraction of sp³-hybridized carbons (Fsp3) is 0.370. The van der Waals surface area contributed by atoms with Gasteiger partial charge in [0.15, 0.2) is 0 Å². The van der Waals surface area contributed by atoms with Crippen molar-refractivity contribution in [3.8, 4) is 0 Å². The van der Waals surface area contributed by atoms with E-state index >= 15 is 0 Å². The van der Waals surface area contributed by atoms with Crippen LogP contribution in [0.3, 0.4) is 0 Å². The van der Waals surface area contributed by atoms with Crippen LogP contribution >= 0.6 is 0 Å². The van der Waals surface area contributed by atoms with Crippen LogP contribution in [0.15, 0.2) is 54.6 Å². The smallest absolute Gasteiger partial charge is 0.306 e. The number of amides is 1. The number of benzene rings is 2. The van der Waals surface area contributed by atoms with Crippen molar-refractivity contribution in [3.05, 3.63) is 71.4 Å². The molecule has 0 aliphatic rings. The molecule has 7 nitrogen and oxygen atoms in total. The maximum absolute atomic E-state index is 12.6. The minimum absolute atomic E-state index is 0.00502. The highest BCUT2D eigenvalue weighted by molar-refractivity contribution is 6.02. The van der Waals surface area contributed by atoms with Crippen molar-refractivity contribution in [3.63, 3.8) is 0 Å². The Balaban J connectivity index is 1.51. The number of aromatic nitrogens is 1. The lowest BCUT2D eigenvalue weighted by Gasteiger charge is -2.22. The fourth-order valence-electron chi connectivity index (χ4n) is 3.93. The van der Waals surface area contributed by atoms with Gasteiger partial charge >= 0.3 is 5.97 Å². The van der Waals surface area contributed by atoms with Gasteiger partial charge in [0.05, 0.1) is 6.42 Å². The Morgan fingerprint density at radius 2 is 1.82 bits per heavy atom. The number of nitrogens with one attached hydrogen (secondary N) is 3. The molecule has 3 rings (SSSR count). The first-order valence-corrected chi connectivity index (χ1v) is 11.6. The van der Waals surface area contributed by atoms with Crippen LogP contribution in [0.4, 0.5) is 0 Å². The van der Waals surface area contributed by atoms with Crippen LogP contribution in [0.5, 0.6) is 0 Å². The highest BCUT2D eigenvalue weighted by Gasteiger charge is 2.21. The molecular weight excluding hydrogens is 428 g/mol. The van der Waals surface area contributed by atoms with Gasteiger partial charge in [-0.1, -0.05) is 36.8 Å². The lowest BCUT2D eigenvalue weighted by atomic mass is 9.90. The van der Waals surface area contributed by atoms with Gasteiger partial charge in [-0.05, 0) is 69.4 Å². The van der Waals surface area contributed by atoms with Crippen LogP contribution in [0, 0.1) is 5.41 Å². The molecular formula is C27H34N4O3. The Morgan fingerprint density at radius 3 is 2.50 bits per heavy atom. The SMILES string of the molecule is CC(C)(C)OC(=O)CC(CCCCNC(=O)c1cc2cc(C(=N)N)ccc2[nH]1)c1ccccc1. The minimum Gasteiger partial charge on any atom is -0.460 e. The molecule has 180 valence electrons. The summed E-state index contributed by atoms with van der Waals surface area (Å²) in [7, 11) is 0. The van der Waals surface area contributed by atoms with Crippen LogP contribution < -0.4 is 11.1 Å². The van der Waals surface area contributed by atoms with Crippen molar-refractivity contribution in [2.24, 2.45) is 5.73 Å². The third-order valence-electron chi connectivity index (χ3n) is 5.55. The standard InChI is InChI=1S/C27H34N4O3/c1-27(2,3)34-24(32)17-19(18-9-5-4-6-10-18)11-7-8-14-30-26(33)23-16-21-15-20(25(28)29)12-13-22(21)31-23/h4-6,9-10,12-13,15-16,19,31H,7-8,11,14,17H2,1-3H3,(H3,28,29)(H,30,33). The van der Waals surface area contributed by atoms with E-state index in [2.05, 4.69) is 10.3 Å². The molecule has 0 fully saturated rings. The van der Waals surface area contributed by atoms with Gasteiger partial charge in [0.2, 0.25) is 0 Å². The molecule has 1 unspecified atom stereocenters. The first-order valence-electron chi connectivity index (χ1n) is 11.6. The Kier molecular flexibility index (Phi) is 8.10. The van der Waals surface area contributed by atoms with E-state index in [9.17, 15) is 9.59 Å². The number of rotatable bonds is 10. The lowest BCUT2D eigenvalue weighted by Crippen LogP contribution is -2.25. The van der Waals surface area contributed by atoms with Crippen molar-refractivity contribution in [1.29, 1.82) is 5.41 Å². The average molecular weight is 463 g/mol. The van der Waals surface area contributed by atoms with Crippen LogP contribution in [-0.4, -0.2) is 34.8 Å². The van der Waals surface area contributed by atoms with Crippen LogP contribution in [0.1, 0.15) is 74.0 Å². The normalized spacial score (nSPS) is 12.3. The molecule has 5 N–H and O–H groups in total. The number of carbonyl (C=O) groups is 2. The molecule has 0 saturated heterocycles. The summed E-state index contributed by atoms with van der Waals surface area (Å²) in [5, 5.41) is 11.3. The maximum atomic E-state index is 12.6. The molecule has 3 aromatic rings. The largest absolute Gasteiger partial charge is 0.460 e. The van der Waals surface area contributed by atoms with E-state index in [4.69, 9.17) is 15.9 Å². The molecule has 0 aliphatic heterocycles. The monoisotopic (exact) mass is 462 g/mol. The third kappa shape index (κ3) is 7.20. The van der Waals surface area contributed by atoms with E-state index in [0.29, 0.717) is 24.2 Å². The second-order valence-corrected chi connectivity index (χ2v) is 9.55. The molecule has 2 aromatic carbocycles. The zero-order valence-corrected chi connectivity index (χ0v) is 20.1. The quantitative estimate of drug-likeness (QED) is 0.149. The number of nitrogen functional groups attached to an aromatic ring is 1. The predicted octanol–water partition coefficient (Wildman–Crippen LogP) is 4.87. The van der Waals surface area contributed by atoms with Gasteiger partial charge in [-0.25, -0.2) is 0 Å². The zero-order valence-electron chi connectivity index (χ0n) is 20.1. The number of esters is 1. The fourth-order valence-corrected chi connectivity index (χ4v) is 3.93. The number of carbonyl (C=O) groups excluding carboxylic acids is 2. The first-order chi connectivity index (χ1) is 16.1. The Hall–Kier alpha value is -3.61. The number of aromatic amines is 1. The van der Waals surface area contributed by atoms with Gasteiger partial charge in [0, 0.05) is 23.0 Å². The maximum Gasteiger partial charge on any atom is 0.306 e. The van der Waals surface area contributed by atoms with Gasteiger partial charge in [0.1, 0.15) is 17.1 Å². The summed E-state index contributed by atoms with van der Waals surface area (Å²) in [5.74, 6) is -0.291. The summed E-state index contributed by atoms with van der Waals surface area (Å²) in [6.07, 6.45) is 2.85. The third-order valence-corrected chi connectivity index (χ3v) is 5.55. The summed E-state index contributed by atoms with van der Waals surface area (Å²) in [4.78, 5) is 28.1. The minimum atomic E-state index is -0.501. The topological polar surface area (TPSA) is 121 Å². The number of fused-ring (bicyclic) bond motifs is 1. The second-order valence-electron chi connectivity index (χ2n) is 9.55. The molecule has 1 heterocycles. The van der Waals surface area contributed by atoms with Crippen molar-refractivity contribution in [2.75, 3.05) is 6.54 Å². The number of ether oxygens (including phenoxy) is 1. The number of H-pyrrole nitrogens is 1. The lowest BCUT2D eigenvalue weighted by molar-refractivity contribution is -0.155. The number of unbranched alkanes of at least 4 members (excludes halogenated alkanes) is 1. The van der Waals surface area contributed by atoms with Crippen LogP contribution in [0.2, 0.25) is 0 Å². The number of hydrogen-bond acceptors (Lipinski definition) is 4. The molecule has 7 heteroatoms. The molecule has 0 saturated carbocycles. The molecule has 0 spiro atoms. The number of nitrogens with two attached hydrogens (primary N) is 1. The van der Waals surface area contributed by atoms with Gasteiger partial charge in [-0.3, -0.25) is 15.0 Å². The second kappa shape index (κ2) is 11.0. The van der Waals surface area contributed by atoms with Crippen molar-refractivity contribution < 1.29 is 14.3 Å². The summed E-state index contributed by atoms with van der Waals surface area (Å²) in [6.45, 7) is 6.17. The predicted molar refractivity (Wildman–Crippen MR) is 135 cm³/mol. The molecule has 0 aliphatic carbocycles. The Morgan fingerprint density at radius 1 is 1.09 bits per heavy atom.